The van der Waals surface area contributed by atoms with Gasteiger partial charge in [0, 0.05) is 32.7 Å². The minimum absolute atomic E-state index is 0. The fraction of sp³-hybridized carbons (Fsp3) is 0.600. The fourth-order valence-electron chi connectivity index (χ4n) is 0.361. The molecule has 0 amide bonds. The van der Waals surface area contributed by atoms with E-state index in [1.165, 1.54) is 0 Å². The van der Waals surface area contributed by atoms with Crippen LogP contribution >= 0.6 is 0 Å². The van der Waals surface area contributed by atoms with Crippen LogP contribution in [0.2, 0.25) is 0 Å². The number of hydrogen-bond acceptors (Lipinski definition) is 3. The monoisotopic (exact) mass is 217 g/mol. The molecule has 10 heavy (non-hydrogen) atoms. The van der Waals surface area contributed by atoms with Gasteiger partial charge in [-0.3, -0.25) is 6.42 Å². The Morgan fingerprint density at radius 3 is 2.10 bits per heavy atom. The maximum absolute atomic E-state index is 8.74. The van der Waals surface area contributed by atoms with Crippen molar-refractivity contribution in [1.29, 1.82) is 0 Å². The summed E-state index contributed by atoms with van der Waals surface area (Å²) in [5, 5.41) is 25.6. The van der Waals surface area contributed by atoms with E-state index in [9.17, 15) is 0 Å². The maximum Gasteiger partial charge on any atom is 0 e. The van der Waals surface area contributed by atoms with E-state index < -0.39 is 12.2 Å². The van der Waals surface area contributed by atoms with Crippen LogP contribution in [0.15, 0.2) is 0 Å². The van der Waals surface area contributed by atoms with Crippen molar-refractivity contribution >= 4 is 7.85 Å². The molecule has 0 saturated carbocycles. The first kappa shape index (κ1) is 13.6. The topological polar surface area (TPSA) is 60.7 Å². The third-order valence-corrected chi connectivity index (χ3v) is 0.894. The van der Waals surface area contributed by atoms with E-state index in [-0.39, 0.29) is 39.3 Å². The minimum atomic E-state index is -1.09. The van der Waals surface area contributed by atoms with Crippen LogP contribution in [-0.2, 0) is 32.7 Å². The Balaban J connectivity index is 0. The van der Waals surface area contributed by atoms with Crippen molar-refractivity contribution in [3.63, 3.8) is 0 Å². The van der Waals surface area contributed by atoms with Crippen molar-refractivity contribution in [2.24, 2.45) is 0 Å². The zero-order valence-electron chi connectivity index (χ0n) is 5.51. The average molecular weight is 217 g/mol. The van der Waals surface area contributed by atoms with Gasteiger partial charge >= 0.3 is 0 Å². The van der Waals surface area contributed by atoms with Crippen LogP contribution in [0.5, 0.6) is 0 Å². The quantitative estimate of drug-likeness (QED) is 0.385. The molecule has 3 N–H and O–H groups in total. The van der Waals surface area contributed by atoms with Crippen molar-refractivity contribution in [3.8, 4) is 0 Å². The second-order valence-corrected chi connectivity index (χ2v) is 1.59. The van der Waals surface area contributed by atoms with Crippen LogP contribution in [0.3, 0.4) is 0 Å². The van der Waals surface area contributed by atoms with Gasteiger partial charge in [0.05, 0.1) is 0 Å². The molecule has 0 rings (SSSR count). The standard InChI is InChI=1S/C5H9BO3.Y/c6-3-5(9)4(8)1-2-7;/h1,3-5,7-9H,2H2;/q-2;/t4?,5-;/m1./s1. The second kappa shape index (κ2) is 8.15. The van der Waals surface area contributed by atoms with Gasteiger partial charge in [-0.2, -0.15) is 7.85 Å². The molecule has 0 aromatic carbocycles. The first-order valence-electron chi connectivity index (χ1n) is 2.57. The molecule has 0 aliphatic carbocycles. The predicted octanol–water partition coefficient (Wildman–Crippen LogP) is -1.77. The molecule has 3 nitrogen and oxygen atoms in total. The first-order valence-corrected chi connectivity index (χ1v) is 2.57. The minimum Gasteiger partial charge on any atom is -0.428 e. The van der Waals surface area contributed by atoms with Gasteiger partial charge in [0.2, 0.25) is 0 Å². The molecular formula is C5H9BO3Y-2. The summed E-state index contributed by atoms with van der Waals surface area (Å²) in [6.45, 7) is -0.272. The Bertz CT molecular complexity index is 73.9. The third-order valence-electron chi connectivity index (χ3n) is 0.894. The molecule has 0 spiro atoms. The molecule has 1 unspecified atom stereocenters. The third kappa shape index (κ3) is 5.81. The Hall–Kier alpha value is 1.05. The number of rotatable bonds is 4. The smallest absolute Gasteiger partial charge is 0 e. The summed E-state index contributed by atoms with van der Waals surface area (Å²) in [4.78, 5) is 0. The molecular weight excluding hydrogens is 208 g/mol. The van der Waals surface area contributed by atoms with Crippen LogP contribution in [0, 0.1) is 12.7 Å². The summed E-state index contributed by atoms with van der Waals surface area (Å²) in [6, 6.07) is 0. The van der Waals surface area contributed by atoms with E-state index in [4.69, 9.17) is 23.2 Å². The van der Waals surface area contributed by atoms with E-state index in [0.717, 1.165) is 12.7 Å². The van der Waals surface area contributed by atoms with Crippen molar-refractivity contribution < 1.29 is 48.0 Å². The van der Waals surface area contributed by atoms with Gasteiger partial charge in [0.25, 0.3) is 0 Å². The molecule has 5 heteroatoms. The Labute approximate surface area is 87.1 Å². The van der Waals surface area contributed by atoms with Gasteiger partial charge < -0.3 is 21.6 Å². The number of aliphatic hydroxyl groups is 3. The zero-order chi connectivity index (χ0) is 7.28. The van der Waals surface area contributed by atoms with E-state index >= 15 is 0 Å². The normalized spacial score (nSPS) is 15.5. The van der Waals surface area contributed by atoms with Crippen molar-refractivity contribution in [3.05, 3.63) is 12.7 Å². The van der Waals surface area contributed by atoms with Gasteiger partial charge in [-0.05, 0) is 0 Å². The van der Waals surface area contributed by atoms with Crippen LogP contribution in [0.4, 0.5) is 0 Å². The summed E-state index contributed by atoms with van der Waals surface area (Å²) in [7, 11) is 4.87. The second-order valence-electron chi connectivity index (χ2n) is 1.59. The van der Waals surface area contributed by atoms with Crippen molar-refractivity contribution in [2.75, 3.05) is 6.61 Å². The molecule has 0 aliphatic heterocycles. The molecule has 0 fully saturated rings. The molecule has 0 aromatic heterocycles. The molecule has 0 aliphatic rings. The summed E-state index contributed by atoms with van der Waals surface area (Å²) >= 11 is 0. The Morgan fingerprint density at radius 1 is 1.30 bits per heavy atom. The SMILES string of the molecule is [B][CH-][C@@H](O)C(O)[CH-]CO.[Y]. The summed E-state index contributed by atoms with van der Waals surface area (Å²) in [5.41, 5.74) is 0. The molecule has 0 saturated heterocycles. The predicted molar refractivity (Wildman–Crippen MR) is 33.5 cm³/mol. The van der Waals surface area contributed by atoms with Gasteiger partial charge in [-0.15, -0.1) is 0 Å². The van der Waals surface area contributed by atoms with Crippen molar-refractivity contribution in [1.82, 2.24) is 0 Å². The van der Waals surface area contributed by atoms with Crippen LogP contribution in [0.1, 0.15) is 0 Å². The van der Waals surface area contributed by atoms with E-state index in [2.05, 4.69) is 0 Å². The Kier molecular flexibility index (Phi) is 11.1. The van der Waals surface area contributed by atoms with Crippen molar-refractivity contribution in [2.45, 2.75) is 12.2 Å². The van der Waals surface area contributed by atoms with E-state index in [1.54, 1.807) is 0 Å². The molecule has 0 bridgehead atoms. The molecule has 2 atom stereocenters. The van der Waals surface area contributed by atoms with Gasteiger partial charge in [-0.25, -0.2) is 0 Å². The summed E-state index contributed by atoms with van der Waals surface area (Å²) in [6.07, 6.45) is -0.0534. The van der Waals surface area contributed by atoms with Gasteiger partial charge in [0.1, 0.15) is 0 Å². The molecule has 3 radical (unpaired) electrons. The number of aliphatic hydroxyl groups excluding tert-OH is 3. The molecule has 0 heterocycles. The van der Waals surface area contributed by atoms with Crippen LogP contribution in [0.25, 0.3) is 0 Å². The maximum atomic E-state index is 8.74. The van der Waals surface area contributed by atoms with E-state index in [1.807, 2.05) is 0 Å². The fourth-order valence-corrected chi connectivity index (χ4v) is 0.361. The van der Waals surface area contributed by atoms with Crippen LogP contribution in [-0.4, -0.2) is 42.0 Å². The largest absolute Gasteiger partial charge is 0.428 e. The van der Waals surface area contributed by atoms with Gasteiger partial charge in [0.15, 0.2) is 0 Å². The van der Waals surface area contributed by atoms with Crippen LogP contribution < -0.4 is 0 Å². The zero-order valence-corrected chi connectivity index (χ0v) is 8.35. The first-order chi connectivity index (χ1) is 4.22. The summed E-state index contributed by atoms with van der Waals surface area (Å²) < 4.78 is 0. The number of hydrogen-bond donors (Lipinski definition) is 3. The summed E-state index contributed by atoms with van der Waals surface area (Å²) in [5.74, 6) is 0. The van der Waals surface area contributed by atoms with E-state index in [0.29, 0.717) is 0 Å². The average Bonchev–Trinajstić information content (AvgIpc) is 1.87. The Morgan fingerprint density at radius 2 is 1.80 bits per heavy atom. The molecule has 55 valence electrons. The molecule has 0 aromatic rings. The van der Waals surface area contributed by atoms with Gasteiger partial charge in [-0.1, -0.05) is 18.8 Å².